The average Bonchev–Trinajstić information content (AvgIpc) is 2.54. The Hall–Kier alpha value is -2.04. The maximum atomic E-state index is 9.61. The van der Waals surface area contributed by atoms with E-state index < -0.39 is 6.10 Å². The number of aliphatic hydroxyl groups is 2. The highest BCUT2D eigenvalue weighted by Gasteiger charge is 2.11. The van der Waals surface area contributed by atoms with E-state index in [9.17, 15) is 5.11 Å². The van der Waals surface area contributed by atoms with Gasteiger partial charge in [-0.3, -0.25) is 0 Å². The summed E-state index contributed by atoms with van der Waals surface area (Å²) >= 11 is 0. The first-order chi connectivity index (χ1) is 10.2. The average molecular weight is 288 g/mol. The summed E-state index contributed by atoms with van der Waals surface area (Å²) in [7, 11) is 1.60. The Morgan fingerprint density at radius 2 is 1.86 bits per heavy atom. The zero-order valence-electron chi connectivity index (χ0n) is 12.0. The van der Waals surface area contributed by atoms with Gasteiger partial charge in [-0.1, -0.05) is 36.4 Å². The van der Waals surface area contributed by atoms with Gasteiger partial charge in [0.05, 0.1) is 19.8 Å². The van der Waals surface area contributed by atoms with E-state index in [1.165, 1.54) is 0 Å². The minimum Gasteiger partial charge on any atom is -0.497 e. The van der Waals surface area contributed by atoms with Gasteiger partial charge >= 0.3 is 0 Å². The molecular weight excluding hydrogens is 268 g/mol. The number of aliphatic hydroxyl groups excluding tert-OH is 2. The summed E-state index contributed by atoms with van der Waals surface area (Å²) in [4.78, 5) is 0. The molecule has 0 aliphatic heterocycles. The van der Waals surface area contributed by atoms with Crippen molar-refractivity contribution in [2.75, 3.05) is 13.7 Å². The molecule has 0 bridgehead atoms. The second-order valence-electron chi connectivity index (χ2n) is 4.79. The van der Waals surface area contributed by atoms with Crippen LogP contribution in [-0.4, -0.2) is 30.0 Å². The van der Waals surface area contributed by atoms with Crippen LogP contribution < -0.4 is 9.47 Å². The Balaban J connectivity index is 2.14. The van der Waals surface area contributed by atoms with Gasteiger partial charge in [0.1, 0.15) is 18.1 Å². The van der Waals surface area contributed by atoms with Gasteiger partial charge in [0, 0.05) is 12.5 Å². The third kappa shape index (κ3) is 4.48. The molecule has 0 heterocycles. The van der Waals surface area contributed by atoms with E-state index >= 15 is 0 Å². The fourth-order valence-electron chi connectivity index (χ4n) is 2.02. The van der Waals surface area contributed by atoms with Crippen molar-refractivity contribution in [3.05, 3.63) is 59.7 Å². The molecule has 2 aromatic rings. The van der Waals surface area contributed by atoms with Crippen molar-refractivity contribution in [1.29, 1.82) is 0 Å². The van der Waals surface area contributed by atoms with Crippen LogP contribution in [0.2, 0.25) is 0 Å². The fourth-order valence-corrected chi connectivity index (χ4v) is 2.02. The first-order valence-corrected chi connectivity index (χ1v) is 6.85. The van der Waals surface area contributed by atoms with Crippen molar-refractivity contribution < 1.29 is 19.7 Å². The van der Waals surface area contributed by atoms with Crippen molar-refractivity contribution in [1.82, 2.24) is 0 Å². The van der Waals surface area contributed by atoms with Crippen molar-refractivity contribution in [3.8, 4) is 11.5 Å². The van der Waals surface area contributed by atoms with Crippen molar-refractivity contribution in [2.24, 2.45) is 0 Å². The summed E-state index contributed by atoms with van der Waals surface area (Å²) < 4.78 is 11.0. The number of hydrogen-bond acceptors (Lipinski definition) is 4. The Morgan fingerprint density at radius 1 is 1.10 bits per heavy atom. The lowest BCUT2D eigenvalue weighted by Crippen LogP contribution is -2.15. The Morgan fingerprint density at radius 3 is 2.52 bits per heavy atom. The third-order valence-corrected chi connectivity index (χ3v) is 3.18. The molecule has 112 valence electrons. The maximum absolute atomic E-state index is 9.61. The van der Waals surface area contributed by atoms with Crippen LogP contribution in [0.3, 0.4) is 0 Å². The number of hydrogen-bond donors (Lipinski definition) is 2. The molecular formula is C17H20O4. The van der Waals surface area contributed by atoms with Crippen molar-refractivity contribution in [3.63, 3.8) is 0 Å². The monoisotopic (exact) mass is 288 g/mol. The molecule has 0 aromatic heterocycles. The summed E-state index contributed by atoms with van der Waals surface area (Å²) in [6.45, 7) is 0.167. The summed E-state index contributed by atoms with van der Waals surface area (Å²) in [5, 5.41) is 18.6. The lowest BCUT2D eigenvalue weighted by Gasteiger charge is -2.15. The molecule has 0 amide bonds. The van der Waals surface area contributed by atoms with E-state index in [4.69, 9.17) is 14.6 Å². The van der Waals surface area contributed by atoms with Crippen LogP contribution in [0.1, 0.15) is 11.1 Å². The molecule has 2 aromatic carbocycles. The SMILES string of the molecule is COc1ccc(CC(O)CO)c(OCc2ccccc2)c1. The normalized spacial score (nSPS) is 12.0. The lowest BCUT2D eigenvalue weighted by molar-refractivity contribution is 0.0947. The molecule has 1 atom stereocenters. The summed E-state index contributed by atoms with van der Waals surface area (Å²) in [5.41, 5.74) is 1.90. The van der Waals surface area contributed by atoms with Crippen LogP contribution in [0.4, 0.5) is 0 Å². The molecule has 1 unspecified atom stereocenters. The van der Waals surface area contributed by atoms with Gasteiger partial charge in [0.25, 0.3) is 0 Å². The summed E-state index contributed by atoms with van der Waals surface area (Å²) in [5.74, 6) is 1.35. The highest BCUT2D eigenvalue weighted by Crippen LogP contribution is 2.26. The number of ether oxygens (including phenoxy) is 2. The Kier molecular flexibility index (Phi) is 5.60. The fraction of sp³-hybridized carbons (Fsp3) is 0.294. The highest BCUT2D eigenvalue weighted by molar-refractivity contribution is 5.41. The summed E-state index contributed by atoms with van der Waals surface area (Å²) in [6.07, 6.45) is -0.456. The van der Waals surface area contributed by atoms with Crippen molar-refractivity contribution >= 4 is 0 Å². The van der Waals surface area contributed by atoms with E-state index in [0.29, 0.717) is 24.5 Å². The number of rotatable bonds is 7. The van der Waals surface area contributed by atoms with Crippen LogP contribution in [0.15, 0.2) is 48.5 Å². The Labute approximate surface area is 124 Å². The second kappa shape index (κ2) is 7.67. The molecule has 4 heteroatoms. The van der Waals surface area contributed by atoms with Crippen LogP contribution in [0.25, 0.3) is 0 Å². The van der Waals surface area contributed by atoms with E-state index in [-0.39, 0.29) is 6.61 Å². The molecule has 0 aliphatic carbocycles. The molecule has 21 heavy (non-hydrogen) atoms. The standard InChI is InChI=1S/C17H20O4/c1-20-16-8-7-14(9-15(19)11-18)17(10-16)21-12-13-5-3-2-4-6-13/h2-8,10,15,18-19H,9,11-12H2,1H3. The minimum absolute atomic E-state index is 0.274. The molecule has 0 saturated carbocycles. The predicted octanol–water partition coefficient (Wildman–Crippen LogP) is 2.17. The van der Waals surface area contributed by atoms with Crippen LogP contribution >= 0.6 is 0 Å². The quantitative estimate of drug-likeness (QED) is 0.820. The highest BCUT2D eigenvalue weighted by atomic mass is 16.5. The van der Waals surface area contributed by atoms with Crippen LogP contribution in [-0.2, 0) is 13.0 Å². The molecule has 0 aliphatic rings. The number of benzene rings is 2. The van der Waals surface area contributed by atoms with Crippen LogP contribution in [0, 0.1) is 0 Å². The molecule has 0 fully saturated rings. The molecule has 0 saturated heterocycles. The minimum atomic E-state index is -0.794. The van der Waals surface area contributed by atoms with Gasteiger partial charge in [-0.2, -0.15) is 0 Å². The van der Waals surface area contributed by atoms with Crippen LogP contribution in [0.5, 0.6) is 11.5 Å². The lowest BCUT2D eigenvalue weighted by atomic mass is 10.1. The largest absolute Gasteiger partial charge is 0.497 e. The molecule has 2 N–H and O–H groups in total. The molecule has 2 rings (SSSR count). The van der Waals surface area contributed by atoms with E-state index in [2.05, 4.69) is 0 Å². The van der Waals surface area contributed by atoms with Gasteiger partial charge in [0.15, 0.2) is 0 Å². The number of methoxy groups -OCH3 is 1. The van der Waals surface area contributed by atoms with E-state index in [0.717, 1.165) is 11.1 Å². The molecule has 0 radical (unpaired) electrons. The third-order valence-electron chi connectivity index (χ3n) is 3.18. The van der Waals surface area contributed by atoms with Gasteiger partial charge in [-0.25, -0.2) is 0 Å². The summed E-state index contributed by atoms with van der Waals surface area (Å²) in [6, 6.07) is 15.3. The molecule has 4 nitrogen and oxygen atoms in total. The zero-order chi connectivity index (χ0) is 15.1. The Bertz CT molecular complexity index is 554. The van der Waals surface area contributed by atoms with Gasteiger partial charge < -0.3 is 19.7 Å². The van der Waals surface area contributed by atoms with Crippen molar-refractivity contribution in [2.45, 2.75) is 19.1 Å². The first kappa shape index (κ1) is 15.4. The van der Waals surface area contributed by atoms with Gasteiger partial charge in [-0.15, -0.1) is 0 Å². The van der Waals surface area contributed by atoms with E-state index in [1.807, 2.05) is 42.5 Å². The topological polar surface area (TPSA) is 58.9 Å². The smallest absolute Gasteiger partial charge is 0.126 e. The van der Waals surface area contributed by atoms with E-state index in [1.54, 1.807) is 13.2 Å². The van der Waals surface area contributed by atoms with Gasteiger partial charge in [-0.05, 0) is 17.2 Å². The zero-order valence-corrected chi connectivity index (χ0v) is 12.0. The predicted molar refractivity (Wildman–Crippen MR) is 80.6 cm³/mol. The second-order valence-corrected chi connectivity index (χ2v) is 4.79. The molecule has 0 spiro atoms. The van der Waals surface area contributed by atoms with Gasteiger partial charge in [0.2, 0.25) is 0 Å². The maximum Gasteiger partial charge on any atom is 0.126 e. The first-order valence-electron chi connectivity index (χ1n) is 6.85.